The van der Waals surface area contributed by atoms with Gasteiger partial charge in [-0.05, 0) is 31.4 Å². The highest BCUT2D eigenvalue weighted by molar-refractivity contribution is 7.91. The largest absolute Gasteiger partial charge is 0.494 e. The van der Waals surface area contributed by atoms with Crippen molar-refractivity contribution in [2.24, 2.45) is 0 Å². The van der Waals surface area contributed by atoms with E-state index >= 15 is 0 Å². The number of hydrogen-bond acceptors (Lipinski definition) is 11. The highest BCUT2D eigenvalue weighted by Gasteiger charge is 2.38. The summed E-state index contributed by atoms with van der Waals surface area (Å²) in [5.41, 5.74) is 0.475. The van der Waals surface area contributed by atoms with E-state index in [9.17, 15) is 17.9 Å². The number of piperidine rings is 1. The fourth-order valence-electron chi connectivity index (χ4n) is 4.93. The summed E-state index contributed by atoms with van der Waals surface area (Å²) in [6.45, 7) is 0.737. The maximum Gasteiger partial charge on any atom is 0.225 e. The molecule has 0 spiro atoms. The molecule has 2 aliphatic heterocycles. The molecule has 2 aromatic heterocycles. The molecule has 1 N–H and O–H groups in total. The number of β-amino-alcohol motifs (C(OH)–C–C–N with tert-alkyl or cyclic N) is 1. The molecule has 38 heavy (non-hydrogen) atoms. The second kappa shape index (κ2) is 10.8. The van der Waals surface area contributed by atoms with Crippen LogP contribution in [0, 0.1) is 5.82 Å². The second-order valence-corrected chi connectivity index (χ2v) is 11.5. The molecule has 2 saturated heterocycles. The van der Waals surface area contributed by atoms with Gasteiger partial charge in [-0.15, -0.1) is 10.2 Å². The molecule has 0 aliphatic carbocycles. The Bertz CT molecular complexity index is 1360. The normalized spacial score (nSPS) is 22.0. The summed E-state index contributed by atoms with van der Waals surface area (Å²) in [5.74, 6) is 0.619. The lowest BCUT2D eigenvalue weighted by Crippen LogP contribution is -2.49. The first-order valence-corrected chi connectivity index (χ1v) is 13.9. The van der Waals surface area contributed by atoms with E-state index in [1.807, 2.05) is 0 Å². The van der Waals surface area contributed by atoms with Gasteiger partial charge in [0.15, 0.2) is 27.3 Å². The van der Waals surface area contributed by atoms with E-state index in [0.717, 1.165) is 18.8 Å². The van der Waals surface area contributed by atoms with Crippen molar-refractivity contribution < 1.29 is 32.1 Å². The Morgan fingerprint density at radius 1 is 1.13 bits per heavy atom. The Morgan fingerprint density at radius 2 is 1.84 bits per heavy atom. The Labute approximate surface area is 219 Å². The summed E-state index contributed by atoms with van der Waals surface area (Å²) < 4.78 is 59.5. The molecule has 0 amide bonds. The van der Waals surface area contributed by atoms with E-state index in [4.69, 9.17) is 14.2 Å². The van der Waals surface area contributed by atoms with Crippen LogP contribution in [0.1, 0.15) is 37.0 Å². The molecule has 204 valence electrons. The number of hydrogen-bond donors (Lipinski definition) is 1. The van der Waals surface area contributed by atoms with Crippen molar-refractivity contribution in [1.29, 1.82) is 0 Å². The van der Waals surface area contributed by atoms with Crippen molar-refractivity contribution >= 4 is 15.8 Å². The molecule has 5 rings (SSSR count). The van der Waals surface area contributed by atoms with Crippen molar-refractivity contribution in [3.05, 3.63) is 48.1 Å². The van der Waals surface area contributed by atoms with Crippen LogP contribution < -0.4 is 14.4 Å². The maximum atomic E-state index is 13.7. The lowest BCUT2D eigenvalue weighted by atomic mass is 10.1. The second-order valence-electron chi connectivity index (χ2n) is 9.25. The number of para-hydroxylation sites is 1. The molecule has 3 atom stereocenters. The standard InChI is InChI=1S/C24H29FN6O6S/c1-35-18-5-3-6-19(36-2)22(18)31-21(28-29-23(31)20-7-4-8-37-20)14-38(33,34)17-9-16(32)12-30(13-17)24-26-10-15(25)11-27-24/h3,5-6,10-11,16-17,20,32H,4,7-9,12-14H2,1-2H3/t16-,17-,20+/m1/s1. The summed E-state index contributed by atoms with van der Waals surface area (Å²) in [6, 6.07) is 5.25. The van der Waals surface area contributed by atoms with Crippen LogP contribution in [0.5, 0.6) is 11.5 Å². The van der Waals surface area contributed by atoms with Crippen molar-refractivity contribution in [3.63, 3.8) is 0 Å². The summed E-state index contributed by atoms with van der Waals surface area (Å²) in [6.07, 6.45) is 2.29. The smallest absolute Gasteiger partial charge is 0.225 e. The van der Waals surface area contributed by atoms with Crippen molar-refractivity contribution in [1.82, 2.24) is 24.7 Å². The fourth-order valence-corrected chi connectivity index (χ4v) is 6.63. The zero-order chi connectivity index (χ0) is 26.9. The first-order valence-electron chi connectivity index (χ1n) is 12.2. The van der Waals surface area contributed by atoms with Crippen LogP contribution in [0.4, 0.5) is 10.3 Å². The lowest BCUT2D eigenvalue weighted by Gasteiger charge is -2.35. The van der Waals surface area contributed by atoms with Gasteiger partial charge in [-0.25, -0.2) is 22.8 Å². The number of aliphatic hydroxyl groups excluding tert-OH is 1. The van der Waals surface area contributed by atoms with Crippen LogP contribution in [-0.4, -0.2) is 83.5 Å². The molecule has 14 heteroatoms. The Kier molecular flexibility index (Phi) is 7.45. The Morgan fingerprint density at radius 3 is 2.47 bits per heavy atom. The molecule has 3 aromatic rings. The van der Waals surface area contributed by atoms with Crippen molar-refractivity contribution in [2.75, 3.05) is 38.8 Å². The number of anilines is 1. The number of methoxy groups -OCH3 is 2. The van der Waals surface area contributed by atoms with E-state index in [1.165, 1.54) is 14.2 Å². The zero-order valence-electron chi connectivity index (χ0n) is 21.0. The van der Waals surface area contributed by atoms with E-state index in [1.54, 1.807) is 27.7 Å². The van der Waals surface area contributed by atoms with Gasteiger partial charge >= 0.3 is 0 Å². The molecule has 0 bridgehead atoms. The first kappa shape index (κ1) is 26.3. The number of ether oxygens (including phenoxy) is 3. The van der Waals surface area contributed by atoms with E-state index in [0.29, 0.717) is 36.0 Å². The highest BCUT2D eigenvalue weighted by Crippen LogP contribution is 2.38. The number of sulfone groups is 1. The summed E-state index contributed by atoms with van der Waals surface area (Å²) >= 11 is 0. The lowest BCUT2D eigenvalue weighted by molar-refractivity contribution is 0.103. The summed E-state index contributed by atoms with van der Waals surface area (Å²) in [7, 11) is -0.847. The number of aromatic nitrogens is 5. The summed E-state index contributed by atoms with van der Waals surface area (Å²) in [5, 5.41) is 18.2. The average molecular weight is 549 g/mol. The van der Waals surface area contributed by atoms with Gasteiger partial charge in [-0.2, -0.15) is 0 Å². The number of aliphatic hydroxyl groups is 1. The molecule has 4 heterocycles. The van der Waals surface area contributed by atoms with Crippen LogP contribution in [0.3, 0.4) is 0 Å². The monoisotopic (exact) mass is 548 g/mol. The minimum Gasteiger partial charge on any atom is -0.494 e. The van der Waals surface area contributed by atoms with Gasteiger partial charge in [0.05, 0.1) is 38.0 Å². The molecule has 0 radical (unpaired) electrons. The summed E-state index contributed by atoms with van der Waals surface area (Å²) in [4.78, 5) is 9.43. The number of nitrogens with zero attached hydrogens (tertiary/aromatic N) is 6. The maximum absolute atomic E-state index is 13.7. The van der Waals surface area contributed by atoms with Crippen LogP contribution in [0.2, 0.25) is 0 Å². The molecule has 0 unspecified atom stereocenters. The quantitative estimate of drug-likeness (QED) is 0.439. The number of halogens is 1. The van der Waals surface area contributed by atoms with E-state index in [-0.39, 0.29) is 37.4 Å². The zero-order valence-corrected chi connectivity index (χ0v) is 21.8. The molecule has 12 nitrogen and oxygen atoms in total. The van der Waals surface area contributed by atoms with E-state index < -0.39 is 32.8 Å². The average Bonchev–Trinajstić information content (AvgIpc) is 3.58. The SMILES string of the molecule is COc1cccc(OC)c1-n1c(CS(=O)(=O)[C@@H]2C[C@@H](O)CN(c3ncc(F)cn3)C2)nnc1[C@@H]1CCCO1. The third kappa shape index (κ3) is 5.15. The molecular formula is C24H29FN6O6S. The van der Waals surface area contributed by atoms with Crippen molar-refractivity contribution in [2.45, 2.75) is 42.5 Å². The van der Waals surface area contributed by atoms with Crippen LogP contribution in [0.15, 0.2) is 30.6 Å². The fraction of sp³-hybridized carbons (Fsp3) is 0.500. The Balaban J connectivity index is 1.51. The van der Waals surface area contributed by atoms with Crippen LogP contribution in [-0.2, 0) is 20.3 Å². The van der Waals surface area contributed by atoms with Gasteiger partial charge in [-0.1, -0.05) is 6.07 Å². The van der Waals surface area contributed by atoms with Gasteiger partial charge in [0.25, 0.3) is 0 Å². The van der Waals surface area contributed by atoms with Gasteiger partial charge < -0.3 is 24.2 Å². The third-order valence-electron chi connectivity index (χ3n) is 6.72. The van der Waals surface area contributed by atoms with E-state index in [2.05, 4.69) is 20.2 Å². The third-order valence-corrected chi connectivity index (χ3v) is 8.73. The minimum atomic E-state index is -3.88. The molecule has 0 saturated carbocycles. The predicted octanol–water partition coefficient (Wildman–Crippen LogP) is 1.62. The van der Waals surface area contributed by atoms with Gasteiger partial charge in [0, 0.05) is 19.7 Å². The molecule has 2 aliphatic rings. The van der Waals surface area contributed by atoms with Crippen LogP contribution >= 0.6 is 0 Å². The predicted molar refractivity (Wildman–Crippen MR) is 134 cm³/mol. The molecular weight excluding hydrogens is 519 g/mol. The van der Waals surface area contributed by atoms with Crippen molar-refractivity contribution in [3.8, 4) is 17.2 Å². The molecule has 2 fully saturated rings. The first-order chi connectivity index (χ1) is 18.3. The van der Waals surface area contributed by atoms with Crippen LogP contribution in [0.25, 0.3) is 5.69 Å². The van der Waals surface area contributed by atoms with Gasteiger partial charge in [0.1, 0.15) is 29.0 Å². The Hall–Kier alpha value is -3.36. The van der Waals surface area contributed by atoms with Gasteiger partial charge in [-0.3, -0.25) is 4.57 Å². The molecule has 1 aromatic carbocycles. The highest BCUT2D eigenvalue weighted by atomic mass is 32.2. The topological polar surface area (TPSA) is 142 Å². The van der Waals surface area contributed by atoms with Gasteiger partial charge in [0.2, 0.25) is 5.95 Å². The number of rotatable bonds is 8. The number of benzene rings is 1. The minimum absolute atomic E-state index is 0.0325.